The molecule has 2 rings (SSSR count). The molecule has 0 spiro atoms. The molecule has 0 amide bonds. The Kier molecular flexibility index (Phi) is 4.92. The summed E-state index contributed by atoms with van der Waals surface area (Å²) in [5.41, 5.74) is 2.74. The highest BCUT2D eigenvalue weighted by Gasteiger charge is 2.29. The summed E-state index contributed by atoms with van der Waals surface area (Å²) in [5.74, 6) is 0. The molecule has 0 atom stereocenters. The van der Waals surface area contributed by atoms with Crippen LogP contribution in [0.5, 0.6) is 0 Å². The van der Waals surface area contributed by atoms with Crippen molar-refractivity contribution in [3.63, 3.8) is 0 Å². The molecule has 0 bridgehead atoms. The van der Waals surface area contributed by atoms with E-state index in [1.165, 1.54) is 0 Å². The van der Waals surface area contributed by atoms with Gasteiger partial charge in [-0.3, -0.25) is 0 Å². The highest BCUT2D eigenvalue weighted by molar-refractivity contribution is 9.10. The molecule has 3 nitrogen and oxygen atoms in total. The summed E-state index contributed by atoms with van der Waals surface area (Å²) in [6, 6.07) is 1.95. The fraction of sp³-hybridized carbons (Fsp3) is 0.600. The number of aryl methyl sites for hydroxylation is 2. The lowest BCUT2D eigenvalue weighted by atomic mass is 10.1. The first kappa shape index (κ1) is 16.0. The zero-order valence-corrected chi connectivity index (χ0v) is 14.8. The minimum atomic E-state index is -3.38. The van der Waals surface area contributed by atoms with Crippen molar-refractivity contribution in [3.8, 4) is 0 Å². The number of hydrogen-bond donors (Lipinski definition) is 0. The fourth-order valence-electron chi connectivity index (χ4n) is 2.95. The molecule has 1 fully saturated rings. The fourth-order valence-corrected chi connectivity index (χ4v) is 5.35. The Bertz CT molecular complexity index is 603. The lowest BCUT2D eigenvalue weighted by Crippen LogP contribution is -2.33. The number of halogens is 1. The van der Waals surface area contributed by atoms with Gasteiger partial charge in [0.15, 0.2) is 0 Å². The number of sulfonamides is 1. The molecule has 1 heterocycles. The van der Waals surface area contributed by atoms with Crippen LogP contribution in [0.15, 0.2) is 15.4 Å². The quantitative estimate of drug-likeness (QED) is 0.801. The minimum Gasteiger partial charge on any atom is -0.207 e. The average molecular weight is 360 g/mol. The summed E-state index contributed by atoms with van der Waals surface area (Å²) < 4.78 is 28.5. The highest BCUT2D eigenvalue weighted by Crippen LogP contribution is 2.32. The second-order valence-corrected chi connectivity index (χ2v) is 8.26. The van der Waals surface area contributed by atoms with Crippen molar-refractivity contribution in [1.29, 1.82) is 0 Å². The Hall–Kier alpha value is -0.390. The van der Waals surface area contributed by atoms with Crippen LogP contribution in [0.25, 0.3) is 0 Å². The van der Waals surface area contributed by atoms with Crippen LogP contribution in [0.3, 0.4) is 0 Å². The van der Waals surface area contributed by atoms with Crippen LogP contribution in [0.2, 0.25) is 0 Å². The summed E-state index contributed by atoms with van der Waals surface area (Å²) in [6.45, 7) is 7.05. The summed E-state index contributed by atoms with van der Waals surface area (Å²) in [7, 11) is -3.38. The van der Waals surface area contributed by atoms with Gasteiger partial charge in [-0.2, -0.15) is 4.31 Å². The second kappa shape index (κ2) is 6.16. The van der Waals surface area contributed by atoms with Crippen molar-refractivity contribution in [2.24, 2.45) is 0 Å². The van der Waals surface area contributed by atoms with Crippen molar-refractivity contribution in [2.75, 3.05) is 13.1 Å². The molecular formula is C15H22BrNO2S. The molecule has 112 valence electrons. The lowest BCUT2D eigenvalue weighted by Gasteiger charge is -2.23. The van der Waals surface area contributed by atoms with E-state index in [1.54, 1.807) is 4.31 Å². The van der Waals surface area contributed by atoms with E-state index < -0.39 is 10.0 Å². The van der Waals surface area contributed by atoms with E-state index in [4.69, 9.17) is 0 Å². The van der Waals surface area contributed by atoms with Gasteiger partial charge < -0.3 is 0 Å². The van der Waals surface area contributed by atoms with Gasteiger partial charge in [-0.05, 0) is 50.3 Å². The van der Waals surface area contributed by atoms with Gasteiger partial charge in [0.05, 0.1) is 4.90 Å². The highest BCUT2D eigenvalue weighted by atomic mass is 79.9. The second-order valence-electron chi connectivity index (χ2n) is 5.60. The van der Waals surface area contributed by atoms with Crippen LogP contribution in [0.1, 0.15) is 42.4 Å². The average Bonchev–Trinajstić information content (AvgIpc) is 2.65. The van der Waals surface area contributed by atoms with Crippen LogP contribution in [-0.4, -0.2) is 25.8 Å². The molecular weight excluding hydrogens is 338 g/mol. The minimum absolute atomic E-state index is 0.483. The summed E-state index contributed by atoms with van der Waals surface area (Å²) in [6.07, 6.45) is 4.18. The third-order valence-corrected chi connectivity index (χ3v) is 7.38. The molecule has 0 N–H and O–H groups in total. The van der Waals surface area contributed by atoms with Gasteiger partial charge in [-0.15, -0.1) is 0 Å². The van der Waals surface area contributed by atoms with Gasteiger partial charge in [0, 0.05) is 17.6 Å². The molecule has 20 heavy (non-hydrogen) atoms. The first-order valence-corrected chi connectivity index (χ1v) is 9.35. The number of hydrogen-bond acceptors (Lipinski definition) is 2. The van der Waals surface area contributed by atoms with E-state index in [2.05, 4.69) is 15.9 Å². The molecule has 0 unspecified atom stereocenters. The molecule has 1 aliphatic rings. The molecule has 1 saturated heterocycles. The molecule has 0 aliphatic carbocycles. The van der Waals surface area contributed by atoms with Crippen molar-refractivity contribution in [2.45, 2.75) is 51.3 Å². The van der Waals surface area contributed by atoms with Crippen molar-refractivity contribution in [1.82, 2.24) is 4.31 Å². The lowest BCUT2D eigenvalue weighted by molar-refractivity contribution is 0.423. The Balaban J connectivity index is 2.51. The predicted octanol–water partition coefficient (Wildman–Crippen LogP) is 3.94. The summed E-state index contributed by atoms with van der Waals surface area (Å²) in [4.78, 5) is 0.483. The number of rotatable bonds is 2. The molecule has 1 aromatic rings. The maximum atomic E-state index is 13.0. The maximum Gasteiger partial charge on any atom is 0.243 e. The normalized spacial score (nSPS) is 18.0. The van der Waals surface area contributed by atoms with Crippen LogP contribution >= 0.6 is 15.9 Å². The largest absolute Gasteiger partial charge is 0.243 e. The summed E-state index contributed by atoms with van der Waals surface area (Å²) in [5, 5.41) is 0. The van der Waals surface area contributed by atoms with Gasteiger partial charge in [0.2, 0.25) is 10.0 Å². The predicted molar refractivity (Wildman–Crippen MR) is 85.6 cm³/mol. The third kappa shape index (κ3) is 2.95. The molecule has 5 heteroatoms. The Labute approximate surface area is 130 Å². The van der Waals surface area contributed by atoms with Crippen LogP contribution < -0.4 is 0 Å². The van der Waals surface area contributed by atoms with E-state index >= 15 is 0 Å². The Morgan fingerprint density at radius 3 is 2.10 bits per heavy atom. The van der Waals surface area contributed by atoms with E-state index in [-0.39, 0.29) is 0 Å². The zero-order valence-electron chi connectivity index (χ0n) is 12.4. The third-order valence-electron chi connectivity index (χ3n) is 3.97. The summed E-state index contributed by atoms with van der Waals surface area (Å²) >= 11 is 3.51. The van der Waals surface area contributed by atoms with Crippen molar-refractivity contribution >= 4 is 26.0 Å². The smallest absolute Gasteiger partial charge is 0.207 e. The van der Waals surface area contributed by atoms with E-state index in [0.717, 1.165) is 46.8 Å². The topological polar surface area (TPSA) is 37.4 Å². The SMILES string of the molecule is Cc1cc(C)c(S(=O)(=O)N2CCCCCC2)c(C)c1Br. The van der Waals surface area contributed by atoms with Gasteiger partial charge in [0.1, 0.15) is 0 Å². The first-order valence-electron chi connectivity index (χ1n) is 7.12. The molecule has 1 aromatic carbocycles. The van der Waals surface area contributed by atoms with E-state index in [9.17, 15) is 8.42 Å². The van der Waals surface area contributed by atoms with Crippen molar-refractivity contribution < 1.29 is 8.42 Å². The number of benzene rings is 1. The van der Waals surface area contributed by atoms with Crippen LogP contribution in [0.4, 0.5) is 0 Å². The standard InChI is InChI=1S/C15H22BrNO2S/c1-11-10-12(2)15(13(3)14(11)16)20(18,19)17-8-6-4-5-7-9-17/h10H,4-9H2,1-3H3. The Morgan fingerprint density at radius 2 is 1.55 bits per heavy atom. The number of nitrogens with zero attached hydrogens (tertiary/aromatic N) is 1. The zero-order chi connectivity index (χ0) is 14.9. The maximum absolute atomic E-state index is 13.0. The molecule has 1 aliphatic heterocycles. The monoisotopic (exact) mass is 359 g/mol. The molecule has 0 saturated carbocycles. The first-order chi connectivity index (χ1) is 9.35. The van der Waals surface area contributed by atoms with Crippen LogP contribution in [0, 0.1) is 20.8 Å². The Morgan fingerprint density at radius 1 is 1.00 bits per heavy atom. The van der Waals surface area contributed by atoms with E-state index in [1.807, 2.05) is 26.8 Å². The van der Waals surface area contributed by atoms with Gasteiger partial charge >= 0.3 is 0 Å². The van der Waals surface area contributed by atoms with Crippen LogP contribution in [-0.2, 0) is 10.0 Å². The van der Waals surface area contributed by atoms with E-state index in [0.29, 0.717) is 18.0 Å². The molecule has 0 aromatic heterocycles. The molecule has 0 radical (unpaired) electrons. The van der Waals surface area contributed by atoms with Gasteiger partial charge in [-0.1, -0.05) is 34.8 Å². The van der Waals surface area contributed by atoms with Gasteiger partial charge in [0.25, 0.3) is 0 Å². The van der Waals surface area contributed by atoms with Crippen molar-refractivity contribution in [3.05, 3.63) is 27.2 Å². The van der Waals surface area contributed by atoms with Gasteiger partial charge in [-0.25, -0.2) is 8.42 Å².